The Labute approximate surface area is 146 Å². The number of carbonyl (C=O) groups is 1. The van der Waals surface area contributed by atoms with Crippen molar-refractivity contribution in [2.75, 3.05) is 0 Å². The second-order valence-electron chi connectivity index (χ2n) is 5.25. The summed E-state index contributed by atoms with van der Waals surface area (Å²) in [5.41, 5.74) is 4.47. The summed E-state index contributed by atoms with van der Waals surface area (Å²) in [6.45, 7) is 3.57. The van der Waals surface area contributed by atoms with Crippen molar-refractivity contribution in [1.82, 2.24) is 5.43 Å². The fourth-order valence-corrected chi connectivity index (χ4v) is 2.03. The van der Waals surface area contributed by atoms with Crippen LogP contribution in [0.15, 0.2) is 65.3 Å². The topological polar surface area (TPSA) is 50.7 Å². The van der Waals surface area contributed by atoms with Crippen LogP contribution in [0.4, 0.5) is 0 Å². The maximum absolute atomic E-state index is 12.0. The number of nitrogens with zero attached hydrogens (tertiary/aromatic N) is 1. The first-order chi connectivity index (χ1) is 11.5. The van der Waals surface area contributed by atoms with Gasteiger partial charge in [0.2, 0.25) is 0 Å². The van der Waals surface area contributed by atoms with Crippen LogP contribution in [0.2, 0.25) is 5.02 Å². The van der Waals surface area contributed by atoms with Crippen LogP contribution >= 0.6 is 11.6 Å². The van der Waals surface area contributed by atoms with Gasteiger partial charge in [0.25, 0.3) is 5.91 Å². The molecule has 0 fully saturated rings. The zero-order valence-electron chi connectivity index (χ0n) is 13.6. The van der Waals surface area contributed by atoms with Crippen molar-refractivity contribution in [2.24, 2.45) is 5.10 Å². The van der Waals surface area contributed by atoms with Crippen LogP contribution in [-0.2, 0) is 4.79 Å². The molecule has 0 spiro atoms. The van der Waals surface area contributed by atoms with Gasteiger partial charge in [0.1, 0.15) is 5.75 Å². The SMILES string of the molecule is CC(/C=N\NC(=O)[C@@H](C)Oc1ccc(Cl)cc1)=C/c1ccccc1. The molecule has 124 valence electrons. The molecule has 0 aliphatic heterocycles. The second-order valence-corrected chi connectivity index (χ2v) is 5.68. The van der Waals surface area contributed by atoms with E-state index in [1.807, 2.05) is 43.3 Å². The number of rotatable bonds is 6. The Morgan fingerprint density at radius 3 is 2.50 bits per heavy atom. The van der Waals surface area contributed by atoms with E-state index in [0.29, 0.717) is 10.8 Å². The van der Waals surface area contributed by atoms with Crippen LogP contribution in [0.1, 0.15) is 19.4 Å². The molecule has 0 bridgehead atoms. The van der Waals surface area contributed by atoms with E-state index in [9.17, 15) is 4.79 Å². The normalized spacial score (nSPS) is 12.9. The summed E-state index contributed by atoms with van der Waals surface area (Å²) in [5.74, 6) is 0.250. The van der Waals surface area contributed by atoms with E-state index < -0.39 is 6.10 Å². The lowest BCUT2D eigenvalue weighted by atomic mass is 10.1. The Balaban J connectivity index is 1.85. The van der Waals surface area contributed by atoms with Crippen molar-refractivity contribution in [3.05, 3.63) is 70.8 Å². The summed E-state index contributed by atoms with van der Waals surface area (Å²) in [6.07, 6.45) is 2.91. The number of ether oxygens (including phenoxy) is 1. The Morgan fingerprint density at radius 1 is 1.17 bits per heavy atom. The number of hydrazone groups is 1. The summed E-state index contributed by atoms with van der Waals surface area (Å²) < 4.78 is 5.53. The molecule has 0 aromatic heterocycles. The third-order valence-electron chi connectivity index (χ3n) is 3.13. The van der Waals surface area contributed by atoms with E-state index in [1.165, 1.54) is 0 Å². The van der Waals surface area contributed by atoms with Crippen LogP contribution in [0.25, 0.3) is 6.08 Å². The first kappa shape index (κ1) is 17.8. The van der Waals surface area contributed by atoms with E-state index >= 15 is 0 Å². The molecule has 4 nitrogen and oxygen atoms in total. The van der Waals surface area contributed by atoms with Gasteiger partial charge >= 0.3 is 0 Å². The molecule has 2 rings (SSSR count). The standard InChI is InChI=1S/C19H19ClN2O2/c1-14(12-16-6-4-3-5-7-16)13-21-22-19(23)15(2)24-18-10-8-17(20)9-11-18/h3-13,15H,1-2H3,(H,22,23)/b14-12-,21-13-/t15-/m1/s1. The van der Waals surface area contributed by atoms with E-state index in [4.69, 9.17) is 16.3 Å². The number of nitrogens with one attached hydrogen (secondary N) is 1. The minimum absolute atomic E-state index is 0.325. The van der Waals surface area contributed by atoms with E-state index in [1.54, 1.807) is 37.4 Å². The van der Waals surface area contributed by atoms with Gasteiger partial charge in [-0.05, 0) is 49.2 Å². The van der Waals surface area contributed by atoms with Gasteiger partial charge in [-0.3, -0.25) is 4.79 Å². The minimum atomic E-state index is -0.665. The van der Waals surface area contributed by atoms with E-state index in [0.717, 1.165) is 11.1 Å². The third kappa shape index (κ3) is 5.89. The summed E-state index contributed by atoms with van der Waals surface area (Å²) in [7, 11) is 0. The molecule has 2 aromatic rings. The van der Waals surface area contributed by atoms with Crippen LogP contribution < -0.4 is 10.2 Å². The fourth-order valence-electron chi connectivity index (χ4n) is 1.91. The number of amides is 1. The van der Waals surface area contributed by atoms with Gasteiger partial charge in [-0.2, -0.15) is 5.10 Å². The zero-order chi connectivity index (χ0) is 17.4. The van der Waals surface area contributed by atoms with Crippen LogP contribution in [-0.4, -0.2) is 18.2 Å². The molecular formula is C19H19ClN2O2. The van der Waals surface area contributed by atoms with Crippen LogP contribution in [0.5, 0.6) is 5.75 Å². The molecule has 0 saturated heterocycles. The molecule has 1 N–H and O–H groups in total. The second kappa shape index (κ2) is 8.89. The third-order valence-corrected chi connectivity index (χ3v) is 3.38. The minimum Gasteiger partial charge on any atom is -0.481 e. The average Bonchev–Trinajstić information content (AvgIpc) is 2.57. The fraction of sp³-hybridized carbons (Fsp3) is 0.158. The molecule has 5 heteroatoms. The van der Waals surface area contributed by atoms with Crippen molar-refractivity contribution in [1.29, 1.82) is 0 Å². The molecule has 1 atom stereocenters. The molecule has 0 aliphatic carbocycles. The largest absolute Gasteiger partial charge is 0.481 e. The highest BCUT2D eigenvalue weighted by Crippen LogP contribution is 2.16. The van der Waals surface area contributed by atoms with Crippen molar-refractivity contribution in [3.8, 4) is 5.75 Å². The Kier molecular flexibility index (Phi) is 6.58. The molecule has 0 heterocycles. The first-order valence-corrected chi connectivity index (χ1v) is 7.91. The van der Waals surface area contributed by atoms with Gasteiger partial charge in [0.15, 0.2) is 6.10 Å². The highest BCUT2D eigenvalue weighted by atomic mass is 35.5. The van der Waals surface area contributed by atoms with Crippen molar-refractivity contribution < 1.29 is 9.53 Å². The Bertz CT molecular complexity index is 725. The monoisotopic (exact) mass is 342 g/mol. The van der Waals surface area contributed by atoms with Gasteiger partial charge in [-0.1, -0.05) is 48.0 Å². The molecule has 0 aliphatic rings. The Hall–Kier alpha value is -2.59. The zero-order valence-corrected chi connectivity index (χ0v) is 14.3. The van der Waals surface area contributed by atoms with Crippen molar-refractivity contribution in [2.45, 2.75) is 20.0 Å². The van der Waals surface area contributed by atoms with Gasteiger partial charge in [0, 0.05) is 5.02 Å². The average molecular weight is 343 g/mol. The molecule has 0 saturated carbocycles. The lowest BCUT2D eigenvalue weighted by Gasteiger charge is -2.12. The highest BCUT2D eigenvalue weighted by molar-refractivity contribution is 6.30. The number of hydrogen-bond acceptors (Lipinski definition) is 3. The van der Waals surface area contributed by atoms with Gasteiger partial charge in [-0.25, -0.2) is 5.43 Å². The molecule has 1 amide bonds. The van der Waals surface area contributed by atoms with Gasteiger partial charge in [-0.15, -0.1) is 0 Å². The van der Waals surface area contributed by atoms with Gasteiger partial charge < -0.3 is 4.74 Å². The quantitative estimate of drug-likeness (QED) is 0.628. The molecule has 24 heavy (non-hydrogen) atoms. The summed E-state index contributed by atoms with van der Waals surface area (Å²) in [4.78, 5) is 12.0. The lowest BCUT2D eigenvalue weighted by Crippen LogP contribution is -2.33. The molecule has 0 unspecified atom stereocenters. The number of benzene rings is 2. The number of hydrogen-bond donors (Lipinski definition) is 1. The van der Waals surface area contributed by atoms with Crippen LogP contribution in [0.3, 0.4) is 0 Å². The molecular weight excluding hydrogens is 324 g/mol. The predicted octanol–water partition coefficient (Wildman–Crippen LogP) is 4.31. The highest BCUT2D eigenvalue weighted by Gasteiger charge is 2.13. The summed E-state index contributed by atoms with van der Waals surface area (Å²) >= 11 is 5.81. The lowest BCUT2D eigenvalue weighted by molar-refractivity contribution is -0.127. The smallest absolute Gasteiger partial charge is 0.280 e. The van der Waals surface area contributed by atoms with Crippen LogP contribution in [0, 0.1) is 0 Å². The van der Waals surface area contributed by atoms with Gasteiger partial charge in [0.05, 0.1) is 6.21 Å². The van der Waals surface area contributed by atoms with Crippen molar-refractivity contribution in [3.63, 3.8) is 0 Å². The summed E-state index contributed by atoms with van der Waals surface area (Å²) in [6, 6.07) is 16.7. The number of halogens is 1. The predicted molar refractivity (Wildman–Crippen MR) is 98.3 cm³/mol. The number of allylic oxidation sites excluding steroid dienone is 1. The maximum atomic E-state index is 12.0. The maximum Gasteiger partial charge on any atom is 0.280 e. The van der Waals surface area contributed by atoms with Crippen molar-refractivity contribution >= 4 is 29.8 Å². The Morgan fingerprint density at radius 2 is 1.83 bits per heavy atom. The number of carbonyl (C=O) groups excluding carboxylic acids is 1. The van der Waals surface area contributed by atoms with E-state index in [2.05, 4.69) is 10.5 Å². The van der Waals surface area contributed by atoms with E-state index in [-0.39, 0.29) is 5.91 Å². The molecule has 0 radical (unpaired) electrons. The molecule has 2 aromatic carbocycles. The first-order valence-electron chi connectivity index (χ1n) is 7.53. The summed E-state index contributed by atoms with van der Waals surface area (Å²) in [5, 5.41) is 4.57.